The molecule has 0 spiro atoms. The summed E-state index contributed by atoms with van der Waals surface area (Å²) in [6, 6.07) is 2.08. The molecule has 2 aromatic rings. The van der Waals surface area contributed by atoms with Crippen molar-refractivity contribution in [2.75, 3.05) is 18.4 Å². The topological polar surface area (TPSA) is 119 Å². The molecule has 1 aliphatic heterocycles. The highest BCUT2D eigenvalue weighted by Gasteiger charge is 2.47. The van der Waals surface area contributed by atoms with E-state index < -0.39 is 10.2 Å². The highest BCUT2D eigenvalue weighted by molar-refractivity contribution is 7.86. The quantitative estimate of drug-likeness (QED) is 0.760. The van der Waals surface area contributed by atoms with Gasteiger partial charge < -0.3 is 5.32 Å². The molecule has 148 valence electrons. The zero-order chi connectivity index (χ0) is 19.3. The lowest BCUT2D eigenvalue weighted by Gasteiger charge is -2.29. The van der Waals surface area contributed by atoms with Crippen molar-refractivity contribution in [3.8, 4) is 0 Å². The van der Waals surface area contributed by atoms with Gasteiger partial charge in [0.25, 0.3) is 16.0 Å². The summed E-state index contributed by atoms with van der Waals surface area (Å²) in [5.41, 5.74) is 0.980. The van der Waals surface area contributed by atoms with Gasteiger partial charge in [-0.3, -0.25) is 0 Å². The lowest BCUT2D eigenvalue weighted by atomic mass is 9.95. The van der Waals surface area contributed by atoms with Crippen LogP contribution in [-0.2, 0) is 16.6 Å². The third kappa shape index (κ3) is 3.41. The van der Waals surface area contributed by atoms with E-state index in [9.17, 15) is 8.42 Å². The van der Waals surface area contributed by atoms with Gasteiger partial charge in [-0.2, -0.15) is 22.2 Å². The largest absolute Gasteiger partial charge is 0.370 e. The summed E-state index contributed by atoms with van der Waals surface area (Å²) in [7, 11) is -3.59. The number of anilines is 1. The Kier molecular flexibility index (Phi) is 4.59. The number of nitrogens with two attached hydrogens (primary N) is 1. The third-order valence-corrected chi connectivity index (χ3v) is 6.89. The first-order valence-corrected chi connectivity index (χ1v) is 11.1. The van der Waals surface area contributed by atoms with E-state index in [2.05, 4.69) is 34.2 Å². The minimum absolute atomic E-state index is 0.0403. The van der Waals surface area contributed by atoms with Gasteiger partial charge >= 0.3 is 0 Å². The van der Waals surface area contributed by atoms with E-state index in [-0.39, 0.29) is 6.04 Å². The number of rotatable bonds is 6. The molecule has 0 radical (unpaired) electrons. The molecule has 1 aliphatic carbocycles. The Morgan fingerprint density at radius 3 is 2.70 bits per heavy atom. The lowest BCUT2D eigenvalue weighted by molar-refractivity contribution is 0.271. The average molecular weight is 394 g/mol. The van der Waals surface area contributed by atoms with Crippen LogP contribution in [0.2, 0.25) is 0 Å². The first-order valence-electron chi connectivity index (χ1n) is 9.56. The van der Waals surface area contributed by atoms with Gasteiger partial charge in [0, 0.05) is 31.6 Å². The van der Waals surface area contributed by atoms with E-state index in [0.717, 1.165) is 43.1 Å². The number of piperidine rings is 1. The van der Waals surface area contributed by atoms with Gasteiger partial charge in [-0.05, 0) is 30.6 Å². The van der Waals surface area contributed by atoms with Crippen molar-refractivity contribution in [1.29, 1.82) is 0 Å². The minimum atomic E-state index is -3.59. The van der Waals surface area contributed by atoms with Crippen molar-refractivity contribution in [3.05, 3.63) is 17.6 Å². The van der Waals surface area contributed by atoms with Gasteiger partial charge in [0.1, 0.15) is 5.82 Å². The maximum atomic E-state index is 11.7. The molecule has 3 heterocycles. The number of fused-ring (bicyclic) bond motifs is 3. The molecular formula is C17H27N7O2S. The van der Waals surface area contributed by atoms with E-state index in [1.807, 2.05) is 13.0 Å². The molecule has 2 aliphatic rings. The van der Waals surface area contributed by atoms with Crippen LogP contribution < -0.4 is 10.5 Å². The maximum Gasteiger partial charge on any atom is 0.277 e. The Balaban J connectivity index is 1.52. The Morgan fingerprint density at radius 2 is 2.11 bits per heavy atom. The minimum Gasteiger partial charge on any atom is -0.370 e. The number of nitrogens with one attached hydrogen (secondary N) is 1. The van der Waals surface area contributed by atoms with E-state index in [1.54, 1.807) is 4.52 Å². The molecule has 1 saturated heterocycles. The average Bonchev–Trinajstić information content (AvgIpc) is 3.31. The summed E-state index contributed by atoms with van der Waals surface area (Å²) < 4.78 is 26.5. The van der Waals surface area contributed by atoms with Crippen molar-refractivity contribution in [3.63, 3.8) is 0 Å². The van der Waals surface area contributed by atoms with Crippen molar-refractivity contribution in [1.82, 2.24) is 23.9 Å². The lowest BCUT2D eigenvalue weighted by Crippen LogP contribution is -2.44. The van der Waals surface area contributed by atoms with Gasteiger partial charge in [0.2, 0.25) is 0 Å². The van der Waals surface area contributed by atoms with Crippen molar-refractivity contribution >= 4 is 21.8 Å². The molecule has 2 aromatic heterocycles. The van der Waals surface area contributed by atoms with Crippen LogP contribution in [0.3, 0.4) is 0 Å². The molecule has 3 unspecified atom stereocenters. The summed E-state index contributed by atoms with van der Waals surface area (Å²) in [5, 5.41) is 13.4. The number of nitrogens with zero attached hydrogens (tertiary/aromatic N) is 5. The highest BCUT2D eigenvalue weighted by Crippen LogP contribution is 2.42. The first kappa shape index (κ1) is 18.6. The summed E-state index contributed by atoms with van der Waals surface area (Å²) >= 11 is 0. The second kappa shape index (κ2) is 6.68. The van der Waals surface area contributed by atoms with Crippen LogP contribution in [0, 0.1) is 11.8 Å². The SMILES string of the molecule is CCc1nc2nc(C(C)C)cc(NCC3CC4CC3CN4S(N)(=O)=O)n2n1. The normalized spacial score (nSPS) is 25.7. The summed E-state index contributed by atoms with van der Waals surface area (Å²) in [6.45, 7) is 7.55. The van der Waals surface area contributed by atoms with Gasteiger partial charge in [0.15, 0.2) is 5.82 Å². The highest BCUT2D eigenvalue weighted by atomic mass is 32.2. The van der Waals surface area contributed by atoms with Crippen LogP contribution in [0.1, 0.15) is 51.0 Å². The Labute approximate surface area is 159 Å². The van der Waals surface area contributed by atoms with Crippen LogP contribution in [0.15, 0.2) is 6.07 Å². The van der Waals surface area contributed by atoms with E-state index in [1.165, 1.54) is 4.31 Å². The fourth-order valence-electron chi connectivity index (χ4n) is 4.32. The number of hydrogen-bond donors (Lipinski definition) is 2. The summed E-state index contributed by atoms with van der Waals surface area (Å²) in [6.07, 6.45) is 2.50. The predicted molar refractivity (Wildman–Crippen MR) is 103 cm³/mol. The standard InChI is InChI=1S/C17H27N7O2S/c1-4-15-21-17-20-14(10(2)3)7-16(24(17)22-15)19-8-11-5-13-6-12(11)9-23(13)27(18,25)26/h7,10-13,19H,4-6,8-9H2,1-3H3,(H2,18,25,26). The monoisotopic (exact) mass is 393 g/mol. The van der Waals surface area contributed by atoms with E-state index >= 15 is 0 Å². The van der Waals surface area contributed by atoms with Gasteiger partial charge in [0.05, 0.1) is 5.69 Å². The zero-order valence-electron chi connectivity index (χ0n) is 16.0. The molecule has 9 nitrogen and oxygen atoms in total. The van der Waals surface area contributed by atoms with Crippen LogP contribution in [-0.4, -0.2) is 51.4 Å². The fourth-order valence-corrected chi connectivity index (χ4v) is 5.30. The number of aryl methyl sites for hydroxylation is 1. The molecule has 0 aromatic carbocycles. The molecule has 4 rings (SSSR count). The fraction of sp³-hybridized carbons (Fsp3) is 0.706. The van der Waals surface area contributed by atoms with Crippen LogP contribution >= 0.6 is 0 Å². The molecule has 2 bridgehead atoms. The number of hydrogen-bond acceptors (Lipinski definition) is 6. The smallest absolute Gasteiger partial charge is 0.277 e. The molecule has 0 amide bonds. The predicted octanol–water partition coefficient (Wildman–Crippen LogP) is 1.14. The van der Waals surface area contributed by atoms with E-state index in [4.69, 9.17) is 5.14 Å². The molecule has 3 atom stereocenters. The molecule has 2 fully saturated rings. The van der Waals surface area contributed by atoms with E-state index in [0.29, 0.717) is 30.1 Å². The van der Waals surface area contributed by atoms with Gasteiger partial charge in [-0.1, -0.05) is 20.8 Å². The Bertz CT molecular complexity index is 956. The first-order chi connectivity index (χ1) is 12.8. The molecule has 3 N–H and O–H groups in total. The molecule has 1 saturated carbocycles. The van der Waals surface area contributed by atoms with Crippen molar-refractivity contribution < 1.29 is 8.42 Å². The molecule has 10 heteroatoms. The molecule has 27 heavy (non-hydrogen) atoms. The Morgan fingerprint density at radius 1 is 1.33 bits per heavy atom. The summed E-state index contributed by atoms with van der Waals surface area (Å²) in [4.78, 5) is 9.12. The van der Waals surface area contributed by atoms with Crippen LogP contribution in [0.25, 0.3) is 5.78 Å². The van der Waals surface area contributed by atoms with Crippen LogP contribution in [0.5, 0.6) is 0 Å². The summed E-state index contributed by atoms with van der Waals surface area (Å²) in [5.74, 6) is 3.35. The van der Waals surface area contributed by atoms with Crippen molar-refractivity contribution in [2.24, 2.45) is 17.0 Å². The Hall–Kier alpha value is -1.78. The third-order valence-electron chi connectivity index (χ3n) is 5.79. The molecular weight excluding hydrogens is 366 g/mol. The van der Waals surface area contributed by atoms with Gasteiger partial charge in [-0.15, -0.1) is 5.10 Å². The maximum absolute atomic E-state index is 11.7. The van der Waals surface area contributed by atoms with Gasteiger partial charge in [-0.25, -0.2) is 10.1 Å². The van der Waals surface area contributed by atoms with Crippen molar-refractivity contribution in [2.45, 2.75) is 52.0 Å². The van der Waals surface area contributed by atoms with Crippen LogP contribution in [0.4, 0.5) is 5.82 Å². The second-order valence-electron chi connectivity index (χ2n) is 7.96. The zero-order valence-corrected chi connectivity index (χ0v) is 16.8. The second-order valence-corrected chi connectivity index (χ2v) is 9.45. The number of aromatic nitrogens is 4.